The largest absolute Gasteiger partial charge is 0.346 e. The topological polar surface area (TPSA) is 46.9 Å². The number of amides is 1. The van der Waals surface area contributed by atoms with E-state index in [1.807, 2.05) is 55.5 Å². The average Bonchev–Trinajstić information content (AvgIpc) is 3.32. The Kier molecular flexibility index (Phi) is 6.45. The Morgan fingerprint density at radius 3 is 2.29 bits per heavy atom. The lowest BCUT2D eigenvalue weighted by molar-refractivity contribution is -0.121. The number of hydrogen-bond acceptors (Lipinski definition) is 2. The lowest BCUT2D eigenvalue weighted by atomic mass is 10.0. The summed E-state index contributed by atoms with van der Waals surface area (Å²) in [5.74, 6) is 0.834. The highest BCUT2D eigenvalue weighted by Crippen LogP contribution is 2.26. The Morgan fingerprint density at radius 2 is 1.45 bits per heavy atom. The standard InChI is InChI=1S/C34H29N3O/c1-24(35-33(38)22-25-18-20-27(21-19-25)26-10-3-2-4-11-26)34-36-31-16-7-8-17-32(31)37(34)23-29-14-9-13-28-12-5-6-15-30(28)29/h2-21,24H,22-23H2,1H3,(H,35,38). The number of carbonyl (C=O) groups is 1. The molecule has 0 aliphatic heterocycles. The second kappa shape index (κ2) is 10.3. The van der Waals surface area contributed by atoms with Gasteiger partial charge in [-0.3, -0.25) is 4.79 Å². The van der Waals surface area contributed by atoms with Crippen LogP contribution < -0.4 is 5.32 Å². The van der Waals surface area contributed by atoms with E-state index in [0.717, 1.165) is 28.0 Å². The molecular weight excluding hydrogens is 466 g/mol. The number of fused-ring (bicyclic) bond motifs is 2. The minimum Gasteiger partial charge on any atom is -0.346 e. The molecule has 0 fully saturated rings. The van der Waals surface area contributed by atoms with Gasteiger partial charge in [0.2, 0.25) is 5.91 Å². The van der Waals surface area contributed by atoms with Crippen LogP contribution in [0.5, 0.6) is 0 Å². The third-order valence-electron chi connectivity index (χ3n) is 7.08. The number of rotatable bonds is 7. The van der Waals surface area contributed by atoms with Gasteiger partial charge in [0.15, 0.2) is 0 Å². The third-order valence-corrected chi connectivity index (χ3v) is 7.08. The van der Waals surface area contributed by atoms with Crippen LogP contribution in [0.4, 0.5) is 0 Å². The van der Waals surface area contributed by atoms with Crippen molar-refractivity contribution >= 4 is 27.7 Å². The summed E-state index contributed by atoms with van der Waals surface area (Å²) in [4.78, 5) is 18.0. The maximum atomic E-state index is 13.1. The number of carbonyl (C=O) groups excluding carboxylic acids is 1. The van der Waals surface area contributed by atoms with Crippen molar-refractivity contribution in [1.82, 2.24) is 14.9 Å². The molecule has 0 aliphatic carbocycles. The minimum atomic E-state index is -0.242. The average molecular weight is 496 g/mol. The molecule has 0 spiro atoms. The van der Waals surface area contributed by atoms with E-state index in [-0.39, 0.29) is 11.9 Å². The zero-order valence-electron chi connectivity index (χ0n) is 21.3. The Hall–Kier alpha value is -4.70. The Labute approximate surface area is 222 Å². The van der Waals surface area contributed by atoms with E-state index in [0.29, 0.717) is 13.0 Å². The van der Waals surface area contributed by atoms with Gasteiger partial charge in [-0.2, -0.15) is 0 Å². The minimum absolute atomic E-state index is 0.0197. The van der Waals surface area contributed by atoms with Crippen molar-refractivity contribution in [3.63, 3.8) is 0 Å². The molecule has 186 valence electrons. The predicted molar refractivity (Wildman–Crippen MR) is 155 cm³/mol. The monoisotopic (exact) mass is 495 g/mol. The molecule has 1 N–H and O–H groups in total. The normalized spacial score (nSPS) is 12.0. The molecule has 0 saturated carbocycles. The van der Waals surface area contributed by atoms with Crippen molar-refractivity contribution in [3.8, 4) is 11.1 Å². The first kappa shape index (κ1) is 23.7. The van der Waals surface area contributed by atoms with Crippen LogP contribution in [0.3, 0.4) is 0 Å². The van der Waals surface area contributed by atoms with E-state index in [1.54, 1.807) is 0 Å². The Bertz CT molecular complexity index is 1710. The van der Waals surface area contributed by atoms with Gasteiger partial charge in [-0.05, 0) is 52.1 Å². The highest BCUT2D eigenvalue weighted by Gasteiger charge is 2.19. The van der Waals surface area contributed by atoms with Crippen LogP contribution in [-0.2, 0) is 17.8 Å². The first-order chi connectivity index (χ1) is 18.7. The molecule has 1 heterocycles. The Balaban J connectivity index is 1.23. The van der Waals surface area contributed by atoms with E-state index in [4.69, 9.17) is 4.98 Å². The molecule has 1 aromatic heterocycles. The highest BCUT2D eigenvalue weighted by atomic mass is 16.1. The van der Waals surface area contributed by atoms with E-state index in [1.165, 1.54) is 21.9 Å². The quantitative estimate of drug-likeness (QED) is 0.252. The summed E-state index contributed by atoms with van der Waals surface area (Å²) in [7, 11) is 0. The van der Waals surface area contributed by atoms with Gasteiger partial charge < -0.3 is 9.88 Å². The second-order valence-electron chi connectivity index (χ2n) is 9.71. The summed E-state index contributed by atoms with van der Waals surface area (Å²) in [6.45, 7) is 2.69. The van der Waals surface area contributed by atoms with Gasteiger partial charge in [0, 0.05) is 0 Å². The maximum absolute atomic E-state index is 13.1. The van der Waals surface area contributed by atoms with Crippen LogP contribution in [0.15, 0.2) is 121 Å². The zero-order valence-corrected chi connectivity index (χ0v) is 21.3. The maximum Gasteiger partial charge on any atom is 0.224 e. The molecule has 0 bridgehead atoms. The molecule has 4 heteroatoms. The van der Waals surface area contributed by atoms with Crippen LogP contribution in [0.25, 0.3) is 32.9 Å². The van der Waals surface area contributed by atoms with E-state index >= 15 is 0 Å². The van der Waals surface area contributed by atoms with E-state index in [2.05, 4.69) is 82.7 Å². The second-order valence-corrected chi connectivity index (χ2v) is 9.71. The summed E-state index contributed by atoms with van der Waals surface area (Å²) in [5.41, 5.74) is 6.52. The first-order valence-electron chi connectivity index (χ1n) is 13.0. The van der Waals surface area contributed by atoms with E-state index in [9.17, 15) is 4.79 Å². The fourth-order valence-corrected chi connectivity index (χ4v) is 5.18. The van der Waals surface area contributed by atoms with Crippen LogP contribution in [0.1, 0.15) is 29.9 Å². The summed E-state index contributed by atoms with van der Waals surface area (Å²) in [6.07, 6.45) is 0.322. The Morgan fingerprint density at radius 1 is 0.763 bits per heavy atom. The molecule has 38 heavy (non-hydrogen) atoms. The predicted octanol–water partition coefficient (Wildman–Crippen LogP) is 7.32. The summed E-state index contributed by atoms with van der Waals surface area (Å²) in [6, 6.07) is 41.3. The molecule has 4 nitrogen and oxygen atoms in total. The van der Waals surface area contributed by atoms with Crippen molar-refractivity contribution < 1.29 is 4.79 Å². The number of para-hydroxylation sites is 2. The van der Waals surface area contributed by atoms with Crippen LogP contribution in [0.2, 0.25) is 0 Å². The molecule has 6 aromatic rings. The van der Waals surface area contributed by atoms with Gasteiger partial charge in [-0.15, -0.1) is 0 Å². The molecular formula is C34H29N3O. The molecule has 1 unspecified atom stereocenters. The molecule has 6 rings (SSSR count). The number of hydrogen-bond donors (Lipinski definition) is 1. The van der Waals surface area contributed by atoms with Gasteiger partial charge in [0.1, 0.15) is 5.82 Å². The fourth-order valence-electron chi connectivity index (χ4n) is 5.18. The van der Waals surface area contributed by atoms with Crippen molar-refractivity contribution in [1.29, 1.82) is 0 Å². The highest BCUT2D eigenvalue weighted by molar-refractivity contribution is 5.86. The summed E-state index contributed by atoms with van der Waals surface area (Å²) >= 11 is 0. The van der Waals surface area contributed by atoms with Gasteiger partial charge in [0.05, 0.1) is 30.0 Å². The molecule has 0 radical (unpaired) electrons. The fraction of sp³-hybridized carbons (Fsp3) is 0.118. The van der Waals surface area contributed by atoms with E-state index < -0.39 is 0 Å². The van der Waals surface area contributed by atoms with Crippen molar-refractivity contribution in [2.75, 3.05) is 0 Å². The number of nitrogens with zero attached hydrogens (tertiary/aromatic N) is 2. The smallest absolute Gasteiger partial charge is 0.224 e. The van der Waals surface area contributed by atoms with Gasteiger partial charge in [-0.1, -0.05) is 109 Å². The van der Waals surface area contributed by atoms with Crippen LogP contribution >= 0.6 is 0 Å². The number of nitrogens with one attached hydrogen (secondary N) is 1. The van der Waals surface area contributed by atoms with Gasteiger partial charge >= 0.3 is 0 Å². The van der Waals surface area contributed by atoms with Crippen molar-refractivity contribution in [3.05, 3.63) is 138 Å². The van der Waals surface area contributed by atoms with Crippen molar-refractivity contribution in [2.45, 2.75) is 25.9 Å². The number of aromatic nitrogens is 2. The zero-order chi connectivity index (χ0) is 25.9. The number of imidazole rings is 1. The van der Waals surface area contributed by atoms with Crippen LogP contribution in [-0.4, -0.2) is 15.5 Å². The third kappa shape index (κ3) is 4.81. The molecule has 1 atom stereocenters. The van der Waals surface area contributed by atoms with Crippen molar-refractivity contribution in [2.24, 2.45) is 0 Å². The molecule has 5 aromatic carbocycles. The van der Waals surface area contributed by atoms with Crippen LogP contribution in [0, 0.1) is 0 Å². The van der Waals surface area contributed by atoms with Gasteiger partial charge in [0.25, 0.3) is 0 Å². The molecule has 1 amide bonds. The first-order valence-corrected chi connectivity index (χ1v) is 13.0. The molecule has 0 saturated heterocycles. The number of benzene rings is 5. The lowest BCUT2D eigenvalue weighted by Crippen LogP contribution is -2.30. The SMILES string of the molecule is CC(NC(=O)Cc1ccc(-c2ccccc2)cc1)c1nc2ccccc2n1Cc1cccc2ccccc12. The lowest BCUT2D eigenvalue weighted by Gasteiger charge is -2.17. The van der Waals surface area contributed by atoms with Gasteiger partial charge in [-0.25, -0.2) is 4.98 Å². The molecule has 0 aliphatic rings. The summed E-state index contributed by atoms with van der Waals surface area (Å²) < 4.78 is 2.23. The summed E-state index contributed by atoms with van der Waals surface area (Å²) in [5, 5.41) is 5.64.